The number of hydrogen-bond acceptors (Lipinski definition) is 10. The lowest BCUT2D eigenvalue weighted by atomic mass is 9.92. The van der Waals surface area contributed by atoms with E-state index < -0.39 is 35.8 Å². The Morgan fingerprint density at radius 2 is 1.95 bits per heavy atom. The van der Waals surface area contributed by atoms with Crippen molar-refractivity contribution in [2.45, 2.75) is 90.5 Å². The van der Waals surface area contributed by atoms with E-state index in [0.29, 0.717) is 17.8 Å². The molecule has 12 nitrogen and oxygen atoms in total. The van der Waals surface area contributed by atoms with Crippen LogP contribution in [-0.2, 0) is 34.1 Å². The van der Waals surface area contributed by atoms with E-state index in [0.717, 1.165) is 19.3 Å². The van der Waals surface area contributed by atoms with E-state index in [1.807, 2.05) is 20.8 Å². The second-order valence-electron chi connectivity index (χ2n) is 10.8. The van der Waals surface area contributed by atoms with E-state index in [4.69, 9.17) is 23.7 Å². The van der Waals surface area contributed by atoms with Gasteiger partial charge in [-0.3, -0.25) is 10.1 Å². The fraction of sp³-hybridized carbons (Fsp3) is 0.667. The molecule has 2 fully saturated rings. The summed E-state index contributed by atoms with van der Waals surface area (Å²) in [6.45, 7) is 11.5. The van der Waals surface area contributed by atoms with Crippen molar-refractivity contribution in [2.24, 2.45) is 11.8 Å². The number of nitriles is 1. The first-order valence-corrected chi connectivity index (χ1v) is 13.4. The molecule has 0 saturated carbocycles. The highest BCUT2D eigenvalue weighted by atomic mass is 16.8. The van der Waals surface area contributed by atoms with Crippen LogP contribution >= 0.6 is 0 Å². The molecule has 2 aromatic heterocycles. The number of nitrogens with one attached hydrogen (secondary N) is 1. The maximum atomic E-state index is 12.5. The highest BCUT2D eigenvalue weighted by molar-refractivity contribution is 5.88. The number of esters is 1. The molecule has 2 saturated heterocycles. The van der Waals surface area contributed by atoms with Gasteiger partial charge >= 0.3 is 12.1 Å². The Morgan fingerprint density at radius 1 is 1.18 bits per heavy atom. The van der Waals surface area contributed by atoms with Gasteiger partial charge in [-0.1, -0.05) is 40.5 Å². The third-order valence-electron chi connectivity index (χ3n) is 7.20. The Hall–Kier alpha value is -3.27. The normalized spacial score (nSPS) is 26.3. The lowest BCUT2D eigenvalue weighted by molar-refractivity contribution is -0.207. The molecule has 39 heavy (non-hydrogen) atoms. The molecule has 0 radical (unpaired) electrons. The van der Waals surface area contributed by atoms with Crippen molar-refractivity contribution < 1.29 is 33.3 Å². The molecule has 4 rings (SSSR count). The van der Waals surface area contributed by atoms with E-state index in [9.17, 15) is 14.9 Å². The molecule has 1 N–H and O–H groups in total. The highest BCUT2D eigenvalue weighted by Gasteiger charge is 2.65. The molecule has 12 heteroatoms. The van der Waals surface area contributed by atoms with Gasteiger partial charge in [0, 0.05) is 0 Å². The number of fused-ring (bicyclic) bond motifs is 2. The van der Waals surface area contributed by atoms with Gasteiger partial charge in [-0.05, 0) is 38.3 Å². The Kier molecular flexibility index (Phi) is 8.44. The van der Waals surface area contributed by atoms with Crippen molar-refractivity contribution in [1.29, 1.82) is 5.26 Å². The second-order valence-corrected chi connectivity index (χ2v) is 10.8. The quantitative estimate of drug-likeness (QED) is 0.345. The van der Waals surface area contributed by atoms with Gasteiger partial charge in [0.25, 0.3) is 0 Å². The van der Waals surface area contributed by atoms with Crippen LogP contribution in [0.5, 0.6) is 0 Å². The van der Waals surface area contributed by atoms with Gasteiger partial charge in [0.05, 0.1) is 18.2 Å². The van der Waals surface area contributed by atoms with E-state index >= 15 is 0 Å². The molecule has 0 bridgehead atoms. The summed E-state index contributed by atoms with van der Waals surface area (Å²) in [6, 6.07) is 5.63. The number of rotatable bonds is 10. The van der Waals surface area contributed by atoms with Crippen molar-refractivity contribution in [3.05, 3.63) is 24.2 Å². The van der Waals surface area contributed by atoms with Gasteiger partial charge in [0.2, 0.25) is 5.60 Å². The van der Waals surface area contributed by atoms with Gasteiger partial charge in [0.1, 0.15) is 42.8 Å². The molecular weight excluding hydrogens is 506 g/mol. The van der Waals surface area contributed by atoms with Crippen LogP contribution in [0.4, 0.5) is 10.6 Å². The van der Waals surface area contributed by atoms with Crippen LogP contribution in [-0.4, -0.2) is 64.0 Å². The topological polar surface area (TPSA) is 146 Å². The fourth-order valence-electron chi connectivity index (χ4n) is 4.76. The zero-order valence-corrected chi connectivity index (χ0v) is 23.3. The van der Waals surface area contributed by atoms with Crippen molar-refractivity contribution in [1.82, 2.24) is 14.6 Å². The standard InChI is InChI=1S/C27H37N5O7/c1-7-8-9-12-35-25(34)31-23-18-10-11-20(32(18)30-15-29-23)27(14-28)22-21(38-26(5,6)39-22)19(37-27)13-36-24(33)17(4)16(2)3/h10-11,15-17,19,21-22H,7-9,12-13H2,1-6H3,(H,29,30,31,34)/t17-,19+,21+,22+,27-/m0/s1. The van der Waals surface area contributed by atoms with Crippen LogP contribution in [0.1, 0.15) is 66.5 Å². The number of amides is 1. The van der Waals surface area contributed by atoms with E-state index in [2.05, 4.69) is 28.4 Å². The van der Waals surface area contributed by atoms with Crippen LogP contribution in [0.2, 0.25) is 0 Å². The van der Waals surface area contributed by atoms with Gasteiger partial charge in [0.15, 0.2) is 11.6 Å². The first kappa shape index (κ1) is 28.7. The molecule has 5 atom stereocenters. The van der Waals surface area contributed by atoms with Crippen molar-refractivity contribution in [3.63, 3.8) is 0 Å². The van der Waals surface area contributed by atoms with Crippen LogP contribution in [0.15, 0.2) is 18.5 Å². The number of anilines is 1. The molecule has 0 aliphatic carbocycles. The summed E-state index contributed by atoms with van der Waals surface area (Å²) in [7, 11) is 0. The Morgan fingerprint density at radius 3 is 2.64 bits per heavy atom. The van der Waals surface area contributed by atoms with Crippen LogP contribution in [0.25, 0.3) is 5.52 Å². The molecule has 0 aromatic carbocycles. The third kappa shape index (κ3) is 5.71. The zero-order valence-electron chi connectivity index (χ0n) is 23.3. The molecule has 4 heterocycles. The minimum atomic E-state index is -1.64. The van der Waals surface area contributed by atoms with Crippen LogP contribution < -0.4 is 5.32 Å². The highest BCUT2D eigenvalue weighted by Crippen LogP contribution is 2.49. The average molecular weight is 544 g/mol. The smallest absolute Gasteiger partial charge is 0.412 e. The molecule has 1 amide bonds. The third-order valence-corrected chi connectivity index (χ3v) is 7.20. The lowest BCUT2D eigenvalue weighted by Crippen LogP contribution is -2.40. The van der Waals surface area contributed by atoms with Crippen LogP contribution in [0, 0.1) is 23.2 Å². The predicted molar refractivity (Wildman–Crippen MR) is 138 cm³/mol. The summed E-state index contributed by atoms with van der Waals surface area (Å²) in [5.74, 6) is -1.31. The summed E-state index contributed by atoms with van der Waals surface area (Å²) in [4.78, 5) is 29.0. The summed E-state index contributed by atoms with van der Waals surface area (Å²) in [5.41, 5.74) is -0.841. The first-order chi connectivity index (χ1) is 18.5. The van der Waals surface area contributed by atoms with Crippen molar-refractivity contribution in [2.75, 3.05) is 18.5 Å². The molecule has 0 unspecified atom stereocenters. The maximum absolute atomic E-state index is 12.5. The second kappa shape index (κ2) is 11.5. The van der Waals surface area contributed by atoms with Crippen molar-refractivity contribution in [3.8, 4) is 6.07 Å². The van der Waals surface area contributed by atoms with Crippen molar-refractivity contribution >= 4 is 23.4 Å². The van der Waals surface area contributed by atoms with Crippen LogP contribution in [0.3, 0.4) is 0 Å². The average Bonchev–Trinajstić information content (AvgIpc) is 3.55. The van der Waals surface area contributed by atoms with E-state index in [-0.39, 0.29) is 30.2 Å². The summed E-state index contributed by atoms with van der Waals surface area (Å²) in [5, 5.41) is 17.5. The van der Waals surface area contributed by atoms with Gasteiger partial charge in [-0.15, -0.1) is 0 Å². The van der Waals surface area contributed by atoms with E-state index in [1.54, 1.807) is 26.0 Å². The molecule has 0 spiro atoms. The number of aromatic nitrogens is 3. The number of unbranched alkanes of at least 4 members (excludes halogenated alkanes) is 2. The summed E-state index contributed by atoms with van der Waals surface area (Å²) >= 11 is 0. The Labute approximate surface area is 227 Å². The number of carbonyl (C=O) groups excluding carboxylic acids is 2. The molecule has 212 valence electrons. The number of ether oxygens (including phenoxy) is 5. The largest absolute Gasteiger partial charge is 0.463 e. The van der Waals surface area contributed by atoms with Gasteiger partial charge < -0.3 is 23.7 Å². The first-order valence-electron chi connectivity index (χ1n) is 13.4. The fourth-order valence-corrected chi connectivity index (χ4v) is 4.76. The van der Waals surface area contributed by atoms with E-state index in [1.165, 1.54) is 10.8 Å². The van der Waals surface area contributed by atoms with Gasteiger partial charge in [-0.2, -0.15) is 10.4 Å². The predicted octanol–water partition coefficient (Wildman–Crippen LogP) is 3.94. The molecule has 2 aromatic rings. The SMILES string of the molecule is CCCCCOC(=O)Nc1ncnn2c([C@]3(C#N)O[C@H](COC(=O)[C@@H](C)C(C)C)[C@H]4OC(C)(C)O[C@H]43)ccc12. The molecule has 2 aliphatic rings. The Balaban J connectivity index is 1.61. The zero-order chi connectivity index (χ0) is 28.4. The number of carbonyl (C=O) groups is 2. The minimum Gasteiger partial charge on any atom is -0.463 e. The number of nitrogens with zero attached hydrogens (tertiary/aromatic N) is 4. The Bertz CT molecular complexity index is 1240. The van der Waals surface area contributed by atoms with Gasteiger partial charge in [-0.25, -0.2) is 14.3 Å². The minimum absolute atomic E-state index is 0.102. The molecular formula is C27H37N5O7. The summed E-state index contributed by atoms with van der Waals surface area (Å²) < 4.78 is 30.9. The molecule has 2 aliphatic heterocycles. The lowest BCUT2D eigenvalue weighted by Gasteiger charge is -2.29. The summed E-state index contributed by atoms with van der Waals surface area (Å²) in [6.07, 6.45) is 1.11. The maximum Gasteiger partial charge on any atom is 0.412 e. The number of hydrogen-bond donors (Lipinski definition) is 1. The monoisotopic (exact) mass is 543 g/mol.